The zero-order valence-corrected chi connectivity index (χ0v) is 14.9. The van der Waals surface area contributed by atoms with Crippen LogP contribution in [0.15, 0.2) is 12.1 Å². The van der Waals surface area contributed by atoms with E-state index >= 15 is 0 Å². The summed E-state index contributed by atoms with van der Waals surface area (Å²) >= 11 is 0. The average Bonchev–Trinajstić information content (AvgIpc) is 3.13. The van der Waals surface area contributed by atoms with Crippen LogP contribution in [0.5, 0.6) is 11.6 Å². The normalized spacial score (nSPS) is 21.4. The Bertz CT molecular complexity index is 948. The predicted molar refractivity (Wildman–Crippen MR) is 97.6 cm³/mol. The van der Waals surface area contributed by atoms with Crippen molar-refractivity contribution >= 4 is 17.7 Å². The van der Waals surface area contributed by atoms with Gasteiger partial charge in [-0.1, -0.05) is 6.07 Å². The summed E-state index contributed by atoms with van der Waals surface area (Å²) in [7, 11) is 0. The third-order valence-corrected chi connectivity index (χ3v) is 5.22. The fourth-order valence-corrected chi connectivity index (χ4v) is 3.97. The highest BCUT2D eigenvalue weighted by molar-refractivity contribution is 5.91. The molecule has 9 heteroatoms. The molecule has 1 aromatic carbocycles. The van der Waals surface area contributed by atoms with E-state index in [9.17, 15) is 15.0 Å². The molecule has 6 N–H and O–H groups in total. The minimum absolute atomic E-state index is 0.0815. The predicted octanol–water partition coefficient (Wildman–Crippen LogP) is 0.933. The molecule has 1 spiro atoms. The van der Waals surface area contributed by atoms with E-state index in [1.165, 1.54) is 6.07 Å². The largest absolute Gasteiger partial charge is 0.507 e. The van der Waals surface area contributed by atoms with Gasteiger partial charge < -0.3 is 26.4 Å². The van der Waals surface area contributed by atoms with Gasteiger partial charge >= 0.3 is 5.97 Å². The highest BCUT2D eigenvalue weighted by Gasteiger charge is 2.46. The van der Waals surface area contributed by atoms with Crippen molar-refractivity contribution < 1.29 is 19.7 Å². The Hall–Kier alpha value is -3.07. The number of ether oxygens (including phenoxy) is 1. The molecule has 9 nitrogen and oxygen atoms in total. The van der Waals surface area contributed by atoms with Gasteiger partial charge in [-0.15, -0.1) is 0 Å². The molecular weight excluding hydrogens is 350 g/mol. The van der Waals surface area contributed by atoms with E-state index in [0.29, 0.717) is 36.8 Å². The molecule has 3 heterocycles. The lowest BCUT2D eigenvalue weighted by molar-refractivity contribution is 0.0693. The highest BCUT2D eigenvalue weighted by Crippen LogP contribution is 2.41. The Balaban J connectivity index is 1.52. The first-order valence-corrected chi connectivity index (χ1v) is 8.65. The number of benzene rings is 1. The average molecular weight is 371 g/mol. The monoisotopic (exact) mass is 371 g/mol. The summed E-state index contributed by atoms with van der Waals surface area (Å²) < 4.78 is 6.10. The van der Waals surface area contributed by atoms with Gasteiger partial charge in [0.05, 0.1) is 5.56 Å². The molecule has 0 saturated carbocycles. The second kappa shape index (κ2) is 5.98. The van der Waals surface area contributed by atoms with Crippen LogP contribution >= 0.6 is 0 Å². The van der Waals surface area contributed by atoms with Crippen LogP contribution in [0.4, 0.5) is 11.8 Å². The Kier molecular flexibility index (Phi) is 3.84. The van der Waals surface area contributed by atoms with Gasteiger partial charge in [0.2, 0.25) is 11.8 Å². The van der Waals surface area contributed by atoms with E-state index in [1.54, 1.807) is 13.0 Å². The number of aromatic carboxylic acids is 1. The number of fused-ring (bicyclic) bond motifs is 1. The van der Waals surface area contributed by atoms with Gasteiger partial charge in [-0.05, 0) is 24.1 Å². The molecule has 1 aromatic heterocycles. The molecule has 27 heavy (non-hydrogen) atoms. The SMILES string of the molecule is Cc1cc(CN2CC[C@]3(Cc4c(N)nc(N)nc4O3)C2)cc(C(=O)O)c1O. The van der Waals surface area contributed by atoms with Crippen molar-refractivity contribution in [2.75, 3.05) is 24.6 Å². The van der Waals surface area contributed by atoms with Crippen LogP contribution in [0.2, 0.25) is 0 Å². The van der Waals surface area contributed by atoms with Crippen molar-refractivity contribution in [1.82, 2.24) is 14.9 Å². The van der Waals surface area contributed by atoms with Crippen molar-refractivity contribution in [3.63, 3.8) is 0 Å². The van der Waals surface area contributed by atoms with E-state index in [0.717, 1.165) is 24.1 Å². The summed E-state index contributed by atoms with van der Waals surface area (Å²) in [6.07, 6.45) is 1.42. The van der Waals surface area contributed by atoms with Crippen LogP contribution in [0.1, 0.15) is 33.5 Å². The fourth-order valence-electron chi connectivity index (χ4n) is 3.97. The number of carboxylic acids is 1. The quantitative estimate of drug-likeness (QED) is 0.618. The molecular formula is C18H21N5O4. The highest BCUT2D eigenvalue weighted by atomic mass is 16.5. The second-order valence-electron chi connectivity index (χ2n) is 7.29. The zero-order valence-electron chi connectivity index (χ0n) is 14.9. The third kappa shape index (κ3) is 2.99. The van der Waals surface area contributed by atoms with Gasteiger partial charge in [0, 0.05) is 32.5 Å². The number of likely N-dealkylation sites (tertiary alicyclic amines) is 1. The summed E-state index contributed by atoms with van der Waals surface area (Å²) in [6, 6.07) is 3.32. The Morgan fingerprint density at radius 1 is 1.37 bits per heavy atom. The number of anilines is 2. The molecule has 4 rings (SSSR count). The van der Waals surface area contributed by atoms with Gasteiger partial charge in [0.15, 0.2) is 0 Å². The maximum atomic E-state index is 11.3. The van der Waals surface area contributed by atoms with Gasteiger partial charge in [0.1, 0.15) is 22.7 Å². The third-order valence-electron chi connectivity index (χ3n) is 5.22. The summed E-state index contributed by atoms with van der Waals surface area (Å²) in [5, 5.41) is 19.2. The minimum Gasteiger partial charge on any atom is -0.507 e. The van der Waals surface area contributed by atoms with Crippen LogP contribution < -0.4 is 16.2 Å². The van der Waals surface area contributed by atoms with Crippen molar-refractivity contribution in [1.29, 1.82) is 0 Å². The number of phenols is 1. The molecule has 2 aliphatic rings. The Labute approximate surface area is 155 Å². The summed E-state index contributed by atoms with van der Waals surface area (Å²) in [4.78, 5) is 21.7. The van der Waals surface area contributed by atoms with Crippen LogP contribution in [-0.2, 0) is 13.0 Å². The van der Waals surface area contributed by atoms with Gasteiger partial charge in [-0.2, -0.15) is 9.97 Å². The van der Waals surface area contributed by atoms with Crippen LogP contribution in [0, 0.1) is 6.92 Å². The molecule has 2 aromatic rings. The number of aromatic nitrogens is 2. The fraction of sp³-hybridized carbons (Fsp3) is 0.389. The van der Waals surface area contributed by atoms with Crippen LogP contribution in [0.25, 0.3) is 0 Å². The lowest BCUT2D eigenvalue weighted by Gasteiger charge is -2.23. The first-order valence-electron chi connectivity index (χ1n) is 8.65. The lowest BCUT2D eigenvalue weighted by Crippen LogP contribution is -2.37. The number of hydrogen-bond donors (Lipinski definition) is 4. The van der Waals surface area contributed by atoms with Crippen molar-refractivity contribution in [2.24, 2.45) is 0 Å². The van der Waals surface area contributed by atoms with Crippen LogP contribution in [0.3, 0.4) is 0 Å². The van der Waals surface area contributed by atoms with E-state index in [1.807, 2.05) is 0 Å². The maximum Gasteiger partial charge on any atom is 0.339 e. The molecule has 1 saturated heterocycles. The van der Waals surface area contributed by atoms with Crippen molar-refractivity contribution in [3.05, 3.63) is 34.4 Å². The van der Waals surface area contributed by atoms with E-state index in [4.69, 9.17) is 16.2 Å². The molecule has 0 aliphatic carbocycles. The Morgan fingerprint density at radius 3 is 2.89 bits per heavy atom. The zero-order chi connectivity index (χ0) is 19.3. The summed E-state index contributed by atoms with van der Waals surface area (Å²) in [5.41, 5.74) is 13.3. The van der Waals surface area contributed by atoms with Gasteiger partial charge in [0.25, 0.3) is 0 Å². The molecule has 0 radical (unpaired) electrons. The number of carbonyl (C=O) groups is 1. The summed E-state index contributed by atoms with van der Waals surface area (Å²) in [6.45, 7) is 3.70. The number of rotatable bonds is 3. The molecule has 2 aliphatic heterocycles. The summed E-state index contributed by atoms with van der Waals surface area (Å²) in [5.74, 6) is -0.426. The van der Waals surface area contributed by atoms with E-state index < -0.39 is 11.6 Å². The van der Waals surface area contributed by atoms with Crippen molar-refractivity contribution in [2.45, 2.75) is 31.9 Å². The molecule has 1 atom stereocenters. The van der Waals surface area contributed by atoms with Gasteiger partial charge in [-0.3, -0.25) is 4.90 Å². The number of hydrogen-bond acceptors (Lipinski definition) is 8. The van der Waals surface area contributed by atoms with Crippen LogP contribution in [-0.4, -0.2) is 49.7 Å². The number of aryl methyl sites for hydroxylation is 1. The smallest absolute Gasteiger partial charge is 0.339 e. The first kappa shape index (κ1) is 17.3. The minimum atomic E-state index is -1.14. The maximum absolute atomic E-state index is 11.3. The standard InChI is InChI=1S/C18H21N5O4/c1-9-4-10(5-11(13(9)24)16(25)26)7-23-3-2-18(8-23)6-12-14(19)21-17(20)22-15(12)27-18/h4-5,24H,2-3,6-8H2,1H3,(H,25,26)(H4,19,20,21,22)/t18-/m0/s1. The van der Waals surface area contributed by atoms with Gasteiger partial charge in [-0.25, -0.2) is 4.79 Å². The second-order valence-corrected chi connectivity index (χ2v) is 7.29. The van der Waals surface area contributed by atoms with Crippen molar-refractivity contribution in [3.8, 4) is 11.6 Å². The number of nitrogens with zero attached hydrogens (tertiary/aromatic N) is 3. The number of carboxylic acid groups (broad SMARTS) is 1. The molecule has 0 amide bonds. The Morgan fingerprint density at radius 2 is 2.15 bits per heavy atom. The number of nitrogens with two attached hydrogens (primary N) is 2. The number of aromatic hydroxyl groups is 1. The first-order chi connectivity index (χ1) is 12.8. The van der Waals surface area contributed by atoms with E-state index in [-0.39, 0.29) is 17.3 Å². The molecule has 142 valence electrons. The molecule has 0 unspecified atom stereocenters. The van der Waals surface area contributed by atoms with E-state index in [2.05, 4.69) is 14.9 Å². The number of nitrogen functional groups attached to an aromatic ring is 2. The lowest BCUT2D eigenvalue weighted by atomic mass is 9.97. The topological polar surface area (TPSA) is 148 Å². The molecule has 0 bridgehead atoms. The molecule has 1 fully saturated rings.